The van der Waals surface area contributed by atoms with Crippen molar-refractivity contribution in [2.75, 3.05) is 11.9 Å². The molecule has 1 aromatic carbocycles. The Kier molecular flexibility index (Phi) is 3.98. The molecule has 0 saturated heterocycles. The predicted molar refractivity (Wildman–Crippen MR) is 86.9 cm³/mol. The molecule has 0 amide bonds. The van der Waals surface area contributed by atoms with Gasteiger partial charge in [-0.25, -0.2) is 14.4 Å². The first kappa shape index (κ1) is 14.8. The first-order valence-corrected chi connectivity index (χ1v) is 7.40. The maximum Gasteiger partial charge on any atom is 0.147 e. The molecule has 0 aliphatic rings. The molecule has 22 heavy (non-hydrogen) atoms. The van der Waals surface area contributed by atoms with E-state index in [2.05, 4.69) is 15.3 Å². The Morgan fingerprint density at radius 2 is 2.05 bits per heavy atom. The Bertz CT molecular complexity index is 828. The molecule has 2 heterocycles. The third kappa shape index (κ3) is 2.76. The quantitative estimate of drug-likeness (QED) is 0.741. The second kappa shape index (κ2) is 5.93. The Labute approximate surface area is 133 Å². The summed E-state index contributed by atoms with van der Waals surface area (Å²) in [6, 6.07) is 7.01. The minimum absolute atomic E-state index is 0.196. The van der Waals surface area contributed by atoms with Crippen LogP contribution in [0.25, 0.3) is 10.9 Å². The summed E-state index contributed by atoms with van der Waals surface area (Å²) in [5, 5.41) is 4.52. The maximum atomic E-state index is 14.2. The zero-order valence-corrected chi connectivity index (χ0v) is 13.2. The number of fused-ring (bicyclic) bond motifs is 1. The maximum absolute atomic E-state index is 14.2. The van der Waals surface area contributed by atoms with Crippen LogP contribution < -0.4 is 5.32 Å². The molecule has 2 aromatic heterocycles. The molecule has 0 unspecified atom stereocenters. The van der Waals surface area contributed by atoms with E-state index in [9.17, 15) is 4.39 Å². The summed E-state index contributed by atoms with van der Waals surface area (Å²) in [5.41, 5.74) is 2.76. The molecule has 1 N–H and O–H groups in total. The Balaban J connectivity index is 1.82. The lowest BCUT2D eigenvalue weighted by Gasteiger charge is -2.11. The van der Waals surface area contributed by atoms with E-state index >= 15 is 0 Å². The van der Waals surface area contributed by atoms with Crippen LogP contribution in [-0.4, -0.2) is 21.1 Å². The lowest BCUT2D eigenvalue weighted by molar-refractivity contribution is 0.621. The van der Waals surface area contributed by atoms with Gasteiger partial charge in [0.05, 0.1) is 5.52 Å². The smallest absolute Gasteiger partial charge is 0.147 e. The van der Waals surface area contributed by atoms with Gasteiger partial charge in [-0.3, -0.25) is 0 Å². The highest BCUT2D eigenvalue weighted by Gasteiger charge is 2.11. The van der Waals surface area contributed by atoms with Crippen molar-refractivity contribution in [1.29, 1.82) is 0 Å². The highest BCUT2D eigenvalue weighted by atomic mass is 35.5. The van der Waals surface area contributed by atoms with Gasteiger partial charge in [0.1, 0.15) is 23.1 Å². The molecule has 114 valence electrons. The number of nitrogens with one attached hydrogen (secondary N) is 1. The molecule has 0 radical (unpaired) electrons. The van der Waals surface area contributed by atoms with Crippen LogP contribution in [-0.2, 0) is 6.54 Å². The average molecular weight is 319 g/mol. The third-order valence-electron chi connectivity index (χ3n) is 3.71. The van der Waals surface area contributed by atoms with Gasteiger partial charge >= 0.3 is 0 Å². The van der Waals surface area contributed by atoms with Gasteiger partial charge in [0.2, 0.25) is 0 Å². The van der Waals surface area contributed by atoms with Crippen LogP contribution in [0, 0.1) is 19.7 Å². The number of hydrogen-bond acceptors (Lipinski definition) is 3. The van der Waals surface area contributed by atoms with Crippen molar-refractivity contribution in [3.05, 3.63) is 52.8 Å². The van der Waals surface area contributed by atoms with E-state index in [1.807, 2.05) is 30.5 Å². The van der Waals surface area contributed by atoms with Gasteiger partial charge in [0.15, 0.2) is 0 Å². The van der Waals surface area contributed by atoms with E-state index in [1.165, 1.54) is 12.4 Å². The van der Waals surface area contributed by atoms with Crippen LogP contribution in [0.5, 0.6) is 0 Å². The lowest BCUT2D eigenvalue weighted by Crippen LogP contribution is -2.12. The van der Waals surface area contributed by atoms with Crippen LogP contribution >= 0.6 is 11.6 Å². The predicted octanol–water partition coefficient (Wildman–Crippen LogP) is 3.95. The molecule has 0 saturated carbocycles. The van der Waals surface area contributed by atoms with Crippen LogP contribution in [0.4, 0.5) is 10.2 Å². The molecule has 4 nitrogen and oxygen atoms in total. The van der Waals surface area contributed by atoms with Crippen LogP contribution in [0.3, 0.4) is 0 Å². The molecular weight excluding hydrogens is 303 g/mol. The average Bonchev–Trinajstić information content (AvgIpc) is 2.82. The molecular formula is C16H16ClFN4. The van der Waals surface area contributed by atoms with Crippen molar-refractivity contribution in [2.45, 2.75) is 20.4 Å². The molecule has 0 spiro atoms. The van der Waals surface area contributed by atoms with Gasteiger partial charge in [-0.2, -0.15) is 0 Å². The van der Waals surface area contributed by atoms with E-state index in [1.54, 1.807) is 6.07 Å². The summed E-state index contributed by atoms with van der Waals surface area (Å²) in [6.45, 7) is 5.23. The van der Waals surface area contributed by atoms with Crippen molar-refractivity contribution in [1.82, 2.24) is 14.5 Å². The van der Waals surface area contributed by atoms with Crippen LogP contribution in [0.2, 0.25) is 5.15 Å². The van der Waals surface area contributed by atoms with Crippen molar-refractivity contribution in [2.24, 2.45) is 0 Å². The highest BCUT2D eigenvalue weighted by Crippen LogP contribution is 2.25. The third-order valence-corrected chi connectivity index (χ3v) is 3.92. The zero-order valence-electron chi connectivity index (χ0n) is 12.4. The summed E-state index contributed by atoms with van der Waals surface area (Å²) in [4.78, 5) is 7.92. The Hall–Kier alpha value is -2.14. The number of rotatable bonds is 4. The number of aromatic nitrogens is 3. The summed E-state index contributed by atoms with van der Waals surface area (Å²) >= 11 is 5.82. The number of hydrogen-bond donors (Lipinski definition) is 1. The largest absolute Gasteiger partial charge is 0.368 e. The lowest BCUT2D eigenvalue weighted by atomic mass is 10.1. The van der Waals surface area contributed by atoms with Crippen molar-refractivity contribution < 1.29 is 4.39 Å². The summed E-state index contributed by atoms with van der Waals surface area (Å²) in [5.74, 6) is 0.463. The SMILES string of the molecule is Cc1ccc(F)c2c1cc(C)n2CCNc1cc(Cl)ncn1. The van der Waals surface area contributed by atoms with E-state index in [0.717, 1.165) is 16.6 Å². The normalized spacial score (nSPS) is 11.1. The van der Waals surface area contributed by atoms with Crippen LogP contribution in [0.15, 0.2) is 30.6 Å². The van der Waals surface area contributed by atoms with Crippen molar-refractivity contribution in [3.8, 4) is 0 Å². The van der Waals surface area contributed by atoms with Gasteiger partial charge < -0.3 is 9.88 Å². The van der Waals surface area contributed by atoms with Gasteiger partial charge in [0, 0.05) is 30.2 Å². The molecule has 0 fully saturated rings. The molecule has 0 aliphatic carbocycles. The molecule has 0 atom stereocenters. The summed E-state index contributed by atoms with van der Waals surface area (Å²) in [7, 11) is 0. The number of halogens is 2. The fourth-order valence-corrected chi connectivity index (χ4v) is 2.76. The van der Waals surface area contributed by atoms with Gasteiger partial charge in [-0.1, -0.05) is 17.7 Å². The Morgan fingerprint density at radius 1 is 1.23 bits per heavy atom. The van der Waals surface area contributed by atoms with Crippen molar-refractivity contribution in [3.63, 3.8) is 0 Å². The molecule has 6 heteroatoms. The summed E-state index contributed by atoms with van der Waals surface area (Å²) < 4.78 is 16.1. The minimum Gasteiger partial charge on any atom is -0.368 e. The standard InChI is InChI=1S/C16H16ClFN4/c1-10-3-4-13(18)16-12(10)7-11(2)22(16)6-5-19-15-8-14(17)20-9-21-15/h3-4,7-9H,5-6H2,1-2H3,(H,19,20,21). The molecule has 0 bridgehead atoms. The van der Waals surface area contributed by atoms with Gasteiger partial charge in [-0.15, -0.1) is 0 Å². The zero-order chi connectivity index (χ0) is 15.7. The van der Waals surface area contributed by atoms with E-state index < -0.39 is 0 Å². The Morgan fingerprint density at radius 3 is 2.82 bits per heavy atom. The van der Waals surface area contributed by atoms with Crippen molar-refractivity contribution >= 4 is 28.3 Å². The van der Waals surface area contributed by atoms with E-state index in [-0.39, 0.29) is 5.82 Å². The van der Waals surface area contributed by atoms with E-state index in [4.69, 9.17) is 11.6 Å². The van der Waals surface area contributed by atoms with Gasteiger partial charge in [0.25, 0.3) is 0 Å². The van der Waals surface area contributed by atoms with E-state index in [0.29, 0.717) is 29.6 Å². The van der Waals surface area contributed by atoms with Gasteiger partial charge in [-0.05, 0) is 31.5 Å². The molecule has 0 aliphatic heterocycles. The number of aryl methyl sites for hydroxylation is 2. The molecule has 3 rings (SSSR count). The number of benzene rings is 1. The summed E-state index contributed by atoms with van der Waals surface area (Å²) in [6.07, 6.45) is 1.41. The highest BCUT2D eigenvalue weighted by molar-refractivity contribution is 6.29. The first-order valence-electron chi connectivity index (χ1n) is 7.02. The second-order valence-electron chi connectivity index (χ2n) is 5.22. The fourth-order valence-electron chi connectivity index (χ4n) is 2.62. The number of nitrogens with zero attached hydrogens (tertiary/aromatic N) is 3. The monoisotopic (exact) mass is 318 g/mol. The number of anilines is 1. The second-order valence-corrected chi connectivity index (χ2v) is 5.60. The first-order chi connectivity index (χ1) is 10.6. The molecule has 3 aromatic rings. The fraction of sp³-hybridized carbons (Fsp3) is 0.250. The minimum atomic E-state index is -0.196. The van der Waals surface area contributed by atoms with Crippen LogP contribution in [0.1, 0.15) is 11.3 Å². The topological polar surface area (TPSA) is 42.7 Å².